The molecule has 0 saturated heterocycles. The van der Waals surface area contributed by atoms with Gasteiger partial charge in [-0.05, 0) is 43.3 Å². The maximum atomic E-state index is 12.4. The number of methoxy groups -OCH3 is 2. The van der Waals surface area contributed by atoms with Gasteiger partial charge < -0.3 is 19.7 Å². The number of ketones is 1. The smallest absolute Gasteiger partial charge is 0.189 e. The van der Waals surface area contributed by atoms with Crippen molar-refractivity contribution in [2.75, 3.05) is 14.2 Å². The van der Waals surface area contributed by atoms with Crippen LogP contribution in [0.2, 0.25) is 0 Å². The number of benzene rings is 2. The third-order valence-electron chi connectivity index (χ3n) is 3.47. The minimum Gasteiger partial charge on any atom is -0.508 e. The highest BCUT2D eigenvalue weighted by molar-refractivity contribution is 6.09. The maximum absolute atomic E-state index is 12.4. The highest BCUT2D eigenvalue weighted by atomic mass is 16.5. The Labute approximate surface area is 134 Å². The molecule has 0 bridgehead atoms. The average Bonchev–Trinajstić information content (AvgIpc) is 2.53. The van der Waals surface area contributed by atoms with Crippen LogP contribution in [0.1, 0.15) is 21.5 Å². The Kier molecular flexibility index (Phi) is 4.91. The van der Waals surface area contributed by atoms with Gasteiger partial charge in [-0.1, -0.05) is 0 Å². The Morgan fingerprint density at radius 1 is 1.09 bits per heavy atom. The van der Waals surface area contributed by atoms with Crippen LogP contribution in [0.25, 0.3) is 6.08 Å². The van der Waals surface area contributed by atoms with Crippen molar-refractivity contribution in [1.29, 1.82) is 0 Å². The summed E-state index contributed by atoms with van der Waals surface area (Å²) in [7, 11) is 3.05. The number of rotatable bonds is 5. The Morgan fingerprint density at radius 3 is 2.43 bits per heavy atom. The minimum atomic E-state index is -0.264. The zero-order valence-corrected chi connectivity index (χ0v) is 13.2. The molecular weight excluding hydrogens is 296 g/mol. The summed E-state index contributed by atoms with van der Waals surface area (Å²) in [4.78, 5) is 12.4. The second-order valence-electron chi connectivity index (χ2n) is 4.91. The third-order valence-corrected chi connectivity index (χ3v) is 3.47. The van der Waals surface area contributed by atoms with Crippen LogP contribution in [0, 0.1) is 6.92 Å². The van der Waals surface area contributed by atoms with Crippen LogP contribution in [-0.4, -0.2) is 30.2 Å². The first-order valence-corrected chi connectivity index (χ1v) is 6.94. The topological polar surface area (TPSA) is 76.0 Å². The maximum Gasteiger partial charge on any atom is 0.189 e. The van der Waals surface area contributed by atoms with E-state index in [1.54, 1.807) is 19.2 Å². The molecule has 23 heavy (non-hydrogen) atoms. The fraction of sp³-hybridized carbons (Fsp3) is 0.167. The van der Waals surface area contributed by atoms with E-state index in [1.165, 1.54) is 37.5 Å². The van der Waals surface area contributed by atoms with Crippen LogP contribution in [0.15, 0.2) is 36.4 Å². The highest BCUT2D eigenvalue weighted by Crippen LogP contribution is 2.32. The van der Waals surface area contributed by atoms with Crippen molar-refractivity contribution in [3.8, 4) is 23.0 Å². The number of aromatic hydroxyl groups is 2. The first-order valence-electron chi connectivity index (χ1n) is 6.94. The van der Waals surface area contributed by atoms with E-state index in [2.05, 4.69) is 0 Å². The molecular formula is C18H18O5. The molecule has 5 nitrogen and oxygen atoms in total. The molecule has 2 rings (SSSR count). The summed E-state index contributed by atoms with van der Waals surface area (Å²) in [6, 6.07) is 7.50. The van der Waals surface area contributed by atoms with Gasteiger partial charge in [-0.2, -0.15) is 0 Å². The fourth-order valence-electron chi connectivity index (χ4n) is 2.28. The van der Waals surface area contributed by atoms with Gasteiger partial charge in [0.25, 0.3) is 0 Å². The molecule has 0 amide bonds. The summed E-state index contributed by atoms with van der Waals surface area (Å²) >= 11 is 0. The van der Waals surface area contributed by atoms with E-state index in [-0.39, 0.29) is 17.3 Å². The van der Waals surface area contributed by atoms with Crippen molar-refractivity contribution in [3.63, 3.8) is 0 Å². The van der Waals surface area contributed by atoms with Gasteiger partial charge in [-0.3, -0.25) is 4.79 Å². The van der Waals surface area contributed by atoms with E-state index in [4.69, 9.17) is 9.47 Å². The van der Waals surface area contributed by atoms with Crippen molar-refractivity contribution in [2.45, 2.75) is 6.92 Å². The summed E-state index contributed by atoms with van der Waals surface area (Å²) < 4.78 is 10.5. The number of hydrogen-bond donors (Lipinski definition) is 2. The lowest BCUT2D eigenvalue weighted by molar-refractivity contribution is 0.104. The monoisotopic (exact) mass is 314 g/mol. The molecule has 0 aliphatic heterocycles. The summed E-state index contributed by atoms with van der Waals surface area (Å²) in [6.07, 6.45) is 2.83. The van der Waals surface area contributed by atoms with Crippen LogP contribution >= 0.6 is 0 Å². The molecule has 0 aromatic heterocycles. The Morgan fingerprint density at radius 2 is 1.83 bits per heavy atom. The van der Waals surface area contributed by atoms with Gasteiger partial charge in [0.05, 0.1) is 19.8 Å². The van der Waals surface area contributed by atoms with E-state index < -0.39 is 0 Å². The number of phenolic OH excluding ortho intramolecular Hbond substituents is 2. The molecule has 0 saturated carbocycles. The number of carbonyl (C=O) groups excluding carboxylic acids is 1. The van der Waals surface area contributed by atoms with Gasteiger partial charge in [-0.25, -0.2) is 0 Å². The molecule has 2 N–H and O–H groups in total. The molecule has 0 heterocycles. The number of hydrogen-bond acceptors (Lipinski definition) is 5. The summed E-state index contributed by atoms with van der Waals surface area (Å²) in [6.45, 7) is 1.81. The van der Waals surface area contributed by atoms with Crippen LogP contribution in [0.3, 0.4) is 0 Å². The second kappa shape index (κ2) is 6.87. The fourth-order valence-corrected chi connectivity index (χ4v) is 2.28. The standard InChI is InChI=1S/C18H18O5/c1-11-17(22-2)9-7-14(18(11)23-3)15(20)8-5-12-4-6-13(19)10-16(12)21/h4-10,19,21H,1-3H3/b8-5+. The number of allylic oxidation sites excluding steroid dienone is 1. The lowest BCUT2D eigenvalue weighted by Crippen LogP contribution is -2.02. The molecule has 0 atom stereocenters. The van der Waals surface area contributed by atoms with E-state index in [9.17, 15) is 15.0 Å². The summed E-state index contributed by atoms with van der Waals surface area (Å²) in [5.41, 5.74) is 1.57. The number of carbonyl (C=O) groups is 1. The largest absolute Gasteiger partial charge is 0.508 e. The van der Waals surface area contributed by atoms with Crippen molar-refractivity contribution < 1.29 is 24.5 Å². The molecule has 0 fully saturated rings. The molecule has 0 radical (unpaired) electrons. The second-order valence-corrected chi connectivity index (χ2v) is 4.91. The molecule has 0 aliphatic rings. The normalized spacial score (nSPS) is 10.7. The predicted octanol–water partition coefficient (Wildman–Crippen LogP) is 3.32. The molecule has 2 aromatic carbocycles. The summed E-state index contributed by atoms with van der Waals surface area (Å²) in [5, 5.41) is 19.0. The van der Waals surface area contributed by atoms with Crippen molar-refractivity contribution in [2.24, 2.45) is 0 Å². The zero-order valence-electron chi connectivity index (χ0n) is 13.2. The van der Waals surface area contributed by atoms with E-state index in [0.29, 0.717) is 22.6 Å². The molecule has 120 valence electrons. The number of phenols is 2. The van der Waals surface area contributed by atoms with Gasteiger partial charge >= 0.3 is 0 Å². The Bertz CT molecular complexity index is 762. The van der Waals surface area contributed by atoms with Gasteiger partial charge in [-0.15, -0.1) is 0 Å². The zero-order chi connectivity index (χ0) is 17.0. The lowest BCUT2D eigenvalue weighted by atomic mass is 10.0. The van der Waals surface area contributed by atoms with Gasteiger partial charge in [0, 0.05) is 17.2 Å². The predicted molar refractivity (Wildman–Crippen MR) is 87.4 cm³/mol. The quantitative estimate of drug-likeness (QED) is 0.654. The molecule has 0 spiro atoms. The SMILES string of the molecule is COc1ccc(C(=O)/C=C/c2ccc(O)cc2O)c(OC)c1C. The van der Waals surface area contributed by atoms with Crippen LogP contribution in [0.4, 0.5) is 0 Å². The van der Waals surface area contributed by atoms with Crippen LogP contribution in [0.5, 0.6) is 23.0 Å². The Hall–Kier alpha value is -2.95. The van der Waals surface area contributed by atoms with E-state index >= 15 is 0 Å². The van der Waals surface area contributed by atoms with Crippen molar-refractivity contribution >= 4 is 11.9 Å². The lowest BCUT2D eigenvalue weighted by Gasteiger charge is -2.12. The number of ether oxygens (including phenoxy) is 2. The highest BCUT2D eigenvalue weighted by Gasteiger charge is 2.15. The molecule has 0 aliphatic carbocycles. The first-order chi connectivity index (χ1) is 11.0. The summed E-state index contributed by atoms with van der Waals surface area (Å²) in [5.74, 6) is 0.679. The van der Waals surface area contributed by atoms with Crippen LogP contribution in [-0.2, 0) is 0 Å². The first kappa shape index (κ1) is 16.4. The molecule has 5 heteroatoms. The molecule has 0 unspecified atom stereocenters. The van der Waals surface area contributed by atoms with E-state index in [0.717, 1.165) is 5.56 Å². The van der Waals surface area contributed by atoms with Gasteiger partial charge in [0.1, 0.15) is 23.0 Å². The Balaban J connectivity index is 2.34. The average molecular weight is 314 g/mol. The van der Waals surface area contributed by atoms with Crippen LogP contribution < -0.4 is 9.47 Å². The van der Waals surface area contributed by atoms with Crippen molar-refractivity contribution in [1.82, 2.24) is 0 Å². The minimum absolute atomic E-state index is 0.0431. The van der Waals surface area contributed by atoms with Gasteiger partial charge in [0.15, 0.2) is 5.78 Å². The van der Waals surface area contributed by atoms with E-state index in [1.807, 2.05) is 6.92 Å². The van der Waals surface area contributed by atoms with Gasteiger partial charge in [0.2, 0.25) is 0 Å². The molecule has 2 aromatic rings. The third kappa shape index (κ3) is 3.45. The van der Waals surface area contributed by atoms with Crippen molar-refractivity contribution in [3.05, 3.63) is 53.1 Å².